The summed E-state index contributed by atoms with van der Waals surface area (Å²) in [5.74, 6) is -59.3. The van der Waals surface area contributed by atoms with Crippen molar-refractivity contribution < 1.29 is 115 Å². The van der Waals surface area contributed by atoms with Crippen LogP contribution >= 0.6 is 15.5 Å². The minimum absolute atomic E-state index is 0.308. The van der Waals surface area contributed by atoms with Crippen LogP contribution in [0.25, 0.3) is 110 Å². The fourth-order valence-corrected chi connectivity index (χ4v) is 15.2. The fourth-order valence-electron chi connectivity index (χ4n) is 11.5. The van der Waals surface area contributed by atoms with Gasteiger partial charge in [0.05, 0.1) is 22.3 Å². The summed E-state index contributed by atoms with van der Waals surface area (Å²) in [4.78, 5) is 1.65. The van der Waals surface area contributed by atoms with Crippen LogP contribution in [0.3, 0.4) is 0 Å². The van der Waals surface area contributed by atoms with Crippen LogP contribution in [0.2, 0.25) is 0 Å². The monoisotopic (exact) mass is 1340 g/mol. The smallest absolute Gasteiger partial charge is 0.403 e. The van der Waals surface area contributed by atoms with Crippen molar-refractivity contribution in [2.75, 3.05) is 0 Å². The van der Waals surface area contributed by atoms with Gasteiger partial charge in [-0.1, -0.05) is 102 Å². The van der Waals surface area contributed by atoms with Crippen LogP contribution in [-0.4, -0.2) is 0 Å². The third-order valence-corrected chi connectivity index (χ3v) is 19.2. The van der Waals surface area contributed by atoms with E-state index < -0.39 is 222 Å². The first-order valence-corrected chi connectivity index (χ1v) is 29.3. The molecule has 0 radical (unpaired) electrons. The van der Waals surface area contributed by atoms with Crippen molar-refractivity contribution >= 4 is 58.6 Å². The van der Waals surface area contributed by atoms with Gasteiger partial charge in [0.1, 0.15) is 23.0 Å². The van der Waals surface area contributed by atoms with Gasteiger partial charge in [0.2, 0.25) is 23.3 Å². The highest BCUT2D eigenvalue weighted by Crippen LogP contribution is 2.69. The molecule has 29 heteroatoms. The number of fused-ring (bicyclic) bond motifs is 14. The molecule has 93 heavy (non-hydrogen) atoms. The third-order valence-electron chi connectivity index (χ3n) is 15.5. The first-order chi connectivity index (χ1) is 44.2. The summed E-state index contributed by atoms with van der Waals surface area (Å²) in [6.45, 7) is 0. The Morgan fingerprint density at radius 1 is 0.226 bits per heavy atom. The first kappa shape index (κ1) is 60.5. The molecule has 0 aliphatic carbocycles. The Hall–Kier alpha value is -10.1. The van der Waals surface area contributed by atoms with Gasteiger partial charge in [-0.3, -0.25) is 0 Å². The lowest BCUT2D eigenvalue weighted by molar-refractivity contribution is 0.357. The molecule has 2 aliphatic rings. The van der Waals surface area contributed by atoms with E-state index in [4.69, 9.17) is 18.1 Å². The molecule has 468 valence electrons. The van der Waals surface area contributed by atoms with Gasteiger partial charge in [-0.15, -0.1) is 0 Å². The van der Waals surface area contributed by atoms with Crippen LogP contribution < -0.4 is 23.0 Å². The van der Waals surface area contributed by atoms with Crippen molar-refractivity contribution in [1.82, 2.24) is 4.86 Å². The summed E-state index contributed by atoms with van der Waals surface area (Å²) in [7, 11) is -13.7. The minimum atomic E-state index is -6.84. The highest BCUT2D eigenvalue weighted by molar-refractivity contribution is 7.68. The molecular weight excluding hydrogens is 1320 g/mol. The van der Waals surface area contributed by atoms with Gasteiger partial charge in [0.25, 0.3) is 0 Å². The van der Waals surface area contributed by atoms with Crippen molar-refractivity contribution in [2.24, 2.45) is 0 Å². The van der Waals surface area contributed by atoms with Crippen LogP contribution in [0.5, 0.6) is 23.0 Å². The molecular formula is C64H21F20NO6P2. The Labute approximate surface area is 504 Å². The van der Waals surface area contributed by atoms with Crippen LogP contribution in [-0.2, 0) is 9.13 Å². The number of nitrogens with one attached hydrogen (secondary N) is 1. The Bertz CT molecular complexity index is 4780. The number of benzene rings is 12. The number of hydrogen-bond donors (Lipinski definition) is 1. The molecule has 2 aliphatic heterocycles. The third kappa shape index (κ3) is 8.79. The lowest BCUT2D eigenvalue weighted by Crippen LogP contribution is -2.22. The van der Waals surface area contributed by atoms with Crippen LogP contribution in [0.15, 0.2) is 121 Å². The summed E-state index contributed by atoms with van der Waals surface area (Å²) in [5, 5.41) is -2.65. The predicted octanol–water partition coefficient (Wildman–Crippen LogP) is 21.1. The maximum atomic E-state index is 16.7. The van der Waals surface area contributed by atoms with E-state index >= 15 is 79.4 Å². The molecule has 2 heterocycles. The number of hydrogen-bond acceptors (Lipinski definition) is 6. The van der Waals surface area contributed by atoms with Crippen molar-refractivity contribution in [3.05, 3.63) is 238 Å². The lowest BCUT2D eigenvalue weighted by atomic mass is 9.86. The normalized spacial score (nSPS) is 13.8. The van der Waals surface area contributed by atoms with Crippen LogP contribution in [0.4, 0.5) is 87.8 Å². The SMILES string of the molecule is O=P1(NP2(=O)Oc3c(-c4c(F)c(F)c(F)c(F)c4F)cc4ccccc4c3-c3c(c(-c4c(F)c(F)c(F)c(F)c4F)cc4ccccc34)O2)Oc2c(-c3c(F)c(F)c(F)c(F)c3F)cc3ccccc3c2-c2c(c(-c3c(F)c(F)c(F)c(F)c3F)cc3ccccc23)O1. The zero-order valence-electron chi connectivity index (χ0n) is 45.0. The van der Waals surface area contributed by atoms with E-state index in [1.165, 1.54) is 48.5 Å². The van der Waals surface area contributed by atoms with Crippen molar-refractivity contribution in [2.45, 2.75) is 0 Å². The average molecular weight is 1340 g/mol. The van der Waals surface area contributed by atoms with Crippen molar-refractivity contribution in [1.29, 1.82) is 0 Å². The maximum absolute atomic E-state index is 16.7. The van der Waals surface area contributed by atoms with E-state index in [-0.39, 0.29) is 43.1 Å². The molecule has 0 saturated heterocycles. The Balaban J connectivity index is 1.15. The van der Waals surface area contributed by atoms with Gasteiger partial charge in [-0.25, -0.2) is 96.9 Å². The molecule has 7 nitrogen and oxygen atoms in total. The maximum Gasteiger partial charge on any atom is 0.524 e. The topological polar surface area (TPSA) is 83.1 Å². The molecule has 0 spiro atoms. The van der Waals surface area contributed by atoms with Crippen molar-refractivity contribution in [3.8, 4) is 89.8 Å². The summed E-state index contributed by atoms with van der Waals surface area (Å²) >= 11 is 0. The van der Waals surface area contributed by atoms with E-state index in [2.05, 4.69) is 0 Å². The predicted molar refractivity (Wildman–Crippen MR) is 296 cm³/mol. The Kier molecular flexibility index (Phi) is 13.8. The molecule has 12 aromatic rings. The highest BCUT2D eigenvalue weighted by atomic mass is 31.3. The average Bonchev–Trinajstić information content (AvgIpc) is 1.70. The van der Waals surface area contributed by atoms with E-state index in [9.17, 15) is 17.6 Å². The molecule has 0 bridgehead atoms. The summed E-state index contributed by atoms with van der Waals surface area (Å²) in [6, 6.07) is 21.4. The zero-order chi connectivity index (χ0) is 66.1. The molecule has 0 amide bonds. The Morgan fingerprint density at radius 2 is 0.387 bits per heavy atom. The van der Waals surface area contributed by atoms with Gasteiger partial charge in [0.15, 0.2) is 93.1 Å². The van der Waals surface area contributed by atoms with Gasteiger partial charge in [-0.05, 0) is 67.4 Å². The van der Waals surface area contributed by atoms with E-state index in [0.717, 1.165) is 48.5 Å². The van der Waals surface area contributed by atoms with Crippen LogP contribution in [0.1, 0.15) is 0 Å². The number of halogens is 20. The molecule has 0 fully saturated rings. The molecule has 14 rings (SSSR count). The standard InChI is InChI=1S/C64H21F20NO6P2/c65-41-37(42(66)50(74)57(81)49(41)73)29-17-21-9-1-5-13-25(21)33-34-26-14-6-2-10-22(26)18-30(38-43(67)51(75)58(82)52(76)44(38)68)62(34)89-92(86,88-61(29)33)85-93(87)90-63-31(39-45(69)53(77)59(83)54(78)46(39)70)19-23-11-3-7-15-27(23)35(63)36-28-16-8-4-12-24(28)20-32(64(36)91-93)40-47(71)55(79)60(84)56(80)48(40)72/h1-20H,(H,85,86,87). The van der Waals surface area contributed by atoms with Gasteiger partial charge in [-0.2, -0.15) is 0 Å². The van der Waals surface area contributed by atoms with Gasteiger partial charge >= 0.3 is 15.5 Å². The van der Waals surface area contributed by atoms with Gasteiger partial charge in [0, 0.05) is 44.5 Å². The fraction of sp³-hybridized carbons (Fsp3) is 0. The first-order valence-electron chi connectivity index (χ1n) is 26.3. The minimum Gasteiger partial charge on any atom is -0.403 e. The molecule has 1 N–H and O–H groups in total. The second-order valence-electron chi connectivity index (χ2n) is 20.6. The van der Waals surface area contributed by atoms with E-state index in [1.807, 2.05) is 0 Å². The highest BCUT2D eigenvalue weighted by Gasteiger charge is 2.51. The summed E-state index contributed by atoms with van der Waals surface area (Å²) < 4.78 is 375. The van der Waals surface area contributed by atoms with Gasteiger partial charge < -0.3 is 18.1 Å². The largest absolute Gasteiger partial charge is 0.524 e. The Morgan fingerprint density at radius 3 is 0.570 bits per heavy atom. The molecule has 12 aromatic carbocycles. The van der Waals surface area contributed by atoms with Crippen molar-refractivity contribution in [3.63, 3.8) is 0 Å². The second-order valence-corrected chi connectivity index (χ2v) is 24.2. The van der Waals surface area contributed by atoms with Crippen LogP contribution in [0, 0.1) is 116 Å². The molecule has 0 atom stereocenters. The zero-order valence-corrected chi connectivity index (χ0v) is 46.7. The lowest BCUT2D eigenvalue weighted by Gasteiger charge is -2.26. The number of rotatable bonds is 6. The second kappa shape index (κ2) is 21.2. The van der Waals surface area contributed by atoms with E-state index in [0.29, 0.717) is 24.3 Å². The quantitative estimate of drug-likeness (QED) is 0.0768. The van der Waals surface area contributed by atoms with E-state index in [1.54, 1.807) is 4.86 Å². The molecule has 0 aromatic heterocycles. The molecule has 0 unspecified atom stereocenters. The summed E-state index contributed by atoms with van der Waals surface area (Å²) in [5.41, 5.74) is -16.6. The molecule has 0 saturated carbocycles. The summed E-state index contributed by atoms with van der Waals surface area (Å²) in [6.07, 6.45) is 0.